The number of hydrogen-bond donors (Lipinski definition) is 0. The average molecular weight is 315 g/mol. The molecule has 0 N–H and O–H groups in total. The van der Waals surface area contributed by atoms with E-state index in [2.05, 4.69) is 13.8 Å². The van der Waals surface area contributed by atoms with Gasteiger partial charge in [0.15, 0.2) is 0 Å². The van der Waals surface area contributed by atoms with E-state index in [0.717, 1.165) is 11.3 Å². The lowest BCUT2D eigenvalue weighted by Crippen LogP contribution is -2.31. The van der Waals surface area contributed by atoms with Gasteiger partial charge in [0, 0.05) is 6.42 Å². The SMILES string of the molecule is [B]C(C)C(C)(C)c1ccc(N2C(=O)CC(SCC)C2=O)cc1. The van der Waals surface area contributed by atoms with Gasteiger partial charge in [0.25, 0.3) is 0 Å². The summed E-state index contributed by atoms with van der Waals surface area (Å²) >= 11 is 1.53. The van der Waals surface area contributed by atoms with Crippen molar-refractivity contribution in [3.05, 3.63) is 29.8 Å². The number of hydrogen-bond acceptors (Lipinski definition) is 3. The van der Waals surface area contributed by atoms with E-state index in [9.17, 15) is 9.59 Å². The highest BCUT2D eigenvalue weighted by atomic mass is 32.2. The van der Waals surface area contributed by atoms with Crippen LogP contribution in [0.2, 0.25) is 5.82 Å². The van der Waals surface area contributed by atoms with Gasteiger partial charge in [0.05, 0.1) is 18.8 Å². The van der Waals surface area contributed by atoms with Gasteiger partial charge in [-0.05, 0) is 28.9 Å². The molecule has 2 amide bonds. The first kappa shape index (κ1) is 17.1. The third-order valence-corrected chi connectivity index (χ3v) is 5.58. The lowest BCUT2D eigenvalue weighted by molar-refractivity contribution is -0.121. The molecule has 0 aliphatic carbocycles. The highest BCUT2D eigenvalue weighted by molar-refractivity contribution is 8.00. The monoisotopic (exact) mass is 315 g/mol. The molecule has 0 saturated carbocycles. The van der Waals surface area contributed by atoms with Gasteiger partial charge in [0.2, 0.25) is 11.8 Å². The van der Waals surface area contributed by atoms with Crippen molar-refractivity contribution < 1.29 is 9.59 Å². The molecule has 2 rings (SSSR count). The van der Waals surface area contributed by atoms with Crippen molar-refractivity contribution in [2.75, 3.05) is 10.7 Å². The molecule has 2 unspecified atom stereocenters. The third kappa shape index (κ3) is 3.10. The molecule has 1 aliphatic rings. The molecule has 1 fully saturated rings. The Labute approximate surface area is 138 Å². The van der Waals surface area contributed by atoms with Crippen LogP contribution in [0, 0.1) is 0 Å². The van der Waals surface area contributed by atoms with Crippen LogP contribution in [0.4, 0.5) is 5.69 Å². The van der Waals surface area contributed by atoms with E-state index < -0.39 is 0 Å². The van der Waals surface area contributed by atoms with Crippen molar-refractivity contribution in [1.29, 1.82) is 0 Å². The fourth-order valence-corrected chi connectivity index (χ4v) is 3.42. The van der Waals surface area contributed by atoms with Crippen molar-refractivity contribution in [1.82, 2.24) is 0 Å². The van der Waals surface area contributed by atoms with E-state index in [1.807, 2.05) is 38.1 Å². The Balaban J connectivity index is 2.24. The molecule has 22 heavy (non-hydrogen) atoms. The van der Waals surface area contributed by atoms with Gasteiger partial charge >= 0.3 is 0 Å². The van der Waals surface area contributed by atoms with Crippen LogP contribution < -0.4 is 4.90 Å². The molecule has 1 heterocycles. The molecule has 5 heteroatoms. The van der Waals surface area contributed by atoms with Crippen molar-refractivity contribution >= 4 is 37.1 Å². The van der Waals surface area contributed by atoms with E-state index in [1.54, 1.807) is 0 Å². The van der Waals surface area contributed by atoms with E-state index >= 15 is 0 Å². The highest BCUT2D eigenvalue weighted by Crippen LogP contribution is 2.35. The van der Waals surface area contributed by atoms with Crippen LogP contribution in [0.5, 0.6) is 0 Å². The second-order valence-electron chi connectivity index (χ2n) is 6.27. The number of thioether (sulfide) groups is 1. The third-order valence-electron chi connectivity index (χ3n) is 4.48. The number of nitrogens with zero attached hydrogens (tertiary/aromatic N) is 1. The smallest absolute Gasteiger partial charge is 0.247 e. The van der Waals surface area contributed by atoms with Crippen LogP contribution in [0.25, 0.3) is 0 Å². The van der Waals surface area contributed by atoms with Crippen molar-refractivity contribution in [3.63, 3.8) is 0 Å². The first-order chi connectivity index (χ1) is 10.3. The van der Waals surface area contributed by atoms with Crippen molar-refractivity contribution in [2.45, 2.75) is 50.6 Å². The summed E-state index contributed by atoms with van der Waals surface area (Å²) in [5.74, 6) is 0.629. The second kappa shape index (κ2) is 6.49. The summed E-state index contributed by atoms with van der Waals surface area (Å²) in [5, 5.41) is -0.238. The number of amides is 2. The Hall–Kier alpha value is -1.23. The molecule has 2 atom stereocenters. The first-order valence-corrected chi connectivity index (χ1v) is 8.68. The van der Waals surface area contributed by atoms with Gasteiger partial charge in [-0.1, -0.05) is 45.6 Å². The summed E-state index contributed by atoms with van der Waals surface area (Å²) in [6.07, 6.45) is 0.296. The summed E-state index contributed by atoms with van der Waals surface area (Å²) in [6.45, 7) is 8.16. The summed E-state index contributed by atoms with van der Waals surface area (Å²) in [6, 6.07) is 7.60. The van der Waals surface area contributed by atoms with Gasteiger partial charge in [-0.3, -0.25) is 9.59 Å². The molecule has 0 bridgehead atoms. The summed E-state index contributed by atoms with van der Waals surface area (Å²) in [5.41, 5.74) is 1.60. The first-order valence-electron chi connectivity index (χ1n) is 7.63. The van der Waals surface area contributed by atoms with Crippen LogP contribution >= 0.6 is 11.8 Å². The Morgan fingerprint density at radius 1 is 1.32 bits per heavy atom. The lowest BCUT2D eigenvalue weighted by atomic mass is 9.65. The second-order valence-corrected chi connectivity index (χ2v) is 7.75. The number of carbonyl (C=O) groups excluding carboxylic acids is 2. The van der Waals surface area contributed by atoms with Gasteiger partial charge in [-0.25, -0.2) is 4.90 Å². The standard InChI is InChI=1S/C17H22BNO2S/c1-5-22-14-10-15(20)19(16(14)21)13-8-6-12(7-9-13)17(3,4)11(2)18/h6-9,11,14H,5,10H2,1-4H3. The summed E-state index contributed by atoms with van der Waals surface area (Å²) < 4.78 is 0. The van der Waals surface area contributed by atoms with Crippen LogP contribution in [-0.4, -0.2) is 30.7 Å². The minimum Gasteiger partial charge on any atom is -0.274 e. The molecular formula is C17H22BNO2S. The highest BCUT2D eigenvalue weighted by Gasteiger charge is 2.39. The fraction of sp³-hybridized carbons (Fsp3) is 0.529. The molecular weight excluding hydrogens is 293 g/mol. The van der Waals surface area contributed by atoms with E-state index in [-0.39, 0.29) is 28.3 Å². The molecule has 116 valence electrons. The average Bonchev–Trinajstić information content (AvgIpc) is 2.74. The van der Waals surface area contributed by atoms with Gasteiger partial charge in [-0.2, -0.15) is 0 Å². The summed E-state index contributed by atoms with van der Waals surface area (Å²) in [7, 11) is 6.04. The Morgan fingerprint density at radius 3 is 2.41 bits per heavy atom. The molecule has 0 aromatic heterocycles. The van der Waals surface area contributed by atoms with Crippen LogP contribution in [-0.2, 0) is 15.0 Å². The maximum Gasteiger partial charge on any atom is 0.247 e. The van der Waals surface area contributed by atoms with E-state index in [0.29, 0.717) is 12.1 Å². The topological polar surface area (TPSA) is 37.4 Å². The maximum absolute atomic E-state index is 12.4. The Kier molecular flexibility index (Phi) is 5.05. The molecule has 3 nitrogen and oxygen atoms in total. The largest absolute Gasteiger partial charge is 0.274 e. The number of anilines is 1. The number of imide groups is 1. The zero-order valence-corrected chi connectivity index (χ0v) is 14.4. The number of benzene rings is 1. The molecule has 2 radical (unpaired) electrons. The zero-order chi connectivity index (χ0) is 16.5. The number of rotatable bonds is 5. The quantitative estimate of drug-likeness (QED) is 0.618. The lowest BCUT2D eigenvalue weighted by Gasteiger charge is -2.30. The molecule has 1 aliphatic heterocycles. The minimum absolute atomic E-state index is 0.0127. The fourth-order valence-electron chi connectivity index (χ4n) is 2.51. The Bertz CT molecular complexity index is 569. The van der Waals surface area contributed by atoms with E-state index in [4.69, 9.17) is 7.85 Å². The minimum atomic E-state index is -0.238. The molecule has 1 saturated heterocycles. The van der Waals surface area contributed by atoms with E-state index in [1.165, 1.54) is 16.7 Å². The molecule has 1 aromatic carbocycles. The summed E-state index contributed by atoms with van der Waals surface area (Å²) in [4.78, 5) is 25.8. The Morgan fingerprint density at radius 2 is 1.91 bits per heavy atom. The van der Waals surface area contributed by atoms with Gasteiger partial charge in [0.1, 0.15) is 0 Å². The predicted octanol–water partition coefficient (Wildman–Crippen LogP) is 3.33. The number of carbonyl (C=O) groups is 2. The molecule has 1 aromatic rings. The van der Waals surface area contributed by atoms with Crippen LogP contribution in [0.15, 0.2) is 24.3 Å². The van der Waals surface area contributed by atoms with Crippen LogP contribution in [0.3, 0.4) is 0 Å². The maximum atomic E-state index is 12.4. The van der Waals surface area contributed by atoms with Crippen molar-refractivity contribution in [2.24, 2.45) is 0 Å². The molecule has 0 spiro atoms. The van der Waals surface area contributed by atoms with Crippen LogP contribution in [0.1, 0.15) is 39.7 Å². The van der Waals surface area contributed by atoms with Crippen molar-refractivity contribution in [3.8, 4) is 0 Å². The predicted molar refractivity (Wildman–Crippen MR) is 93.7 cm³/mol. The van der Waals surface area contributed by atoms with Gasteiger partial charge in [-0.15, -0.1) is 11.8 Å². The zero-order valence-electron chi connectivity index (χ0n) is 13.6. The van der Waals surface area contributed by atoms with Gasteiger partial charge < -0.3 is 0 Å². The normalized spacial score (nSPS) is 20.5.